The van der Waals surface area contributed by atoms with E-state index in [1.165, 1.54) is 0 Å². The van der Waals surface area contributed by atoms with Crippen molar-refractivity contribution in [2.45, 2.75) is 46.1 Å². The predicted molar refractivity (Wildman–Crippen MR) is 62.8 cm³/mol. The third-order valence-corrected chi connectivity index (χ3v) is 2.61. The summed E-state index contributed by atoms with van der Waals surface area (Å²) in [5.41, 5.74) is -0.202. The molecule has 1 saturated carbocycles. The second kappa shape index (κ2) is 4.85. The molecule has 16 heavy (non-hydrogen) atoms. The smallest absolute Gasteiger partial charge is 0.223 e. The zero-order chi connectivity index (χ0) is 12.3. The van der Waals surface area contributed by atoms with Gasteiger partial charge in [0.15, 0.2) is 0 Å². The Bertz CT molecular complexity index is 281. The fraction of sp³-hybridized carbons (Fsp3) is 0.833. The Morgan fingerprint density at radius 3 is 2.31 bits per heavy atom. The van der Waals surface area contributed by atoms with Crippen molar-refractivity contribution in [3.63, 3.8) is 0 Å². The topological polar surface area (TPSA) is 58.2 Å². The summed E-state index contributed by atoms with van der Waals surface area (Å²) in [4.78, 5) is 22.9. The van der Waals surface area contributed by atoms with Crippen molar-refractivity contribution >= 4 is 11.8 Å². The van der Waals surface area contributed by atoms with Crippen LogP contribution in [0.3, 0.4) is 0 Å². The van der Waals surface area contributed by atoms with E-state index in [1.54, 1.807) is 0 Å². The monoisotopic (exact) mass is 226 g/mol. The number of carbonyl (C=O) groups excluding carboxylic acids is 2. The Balaban J connectivity index is 2.11. The van der Waals surface area contributed by atoms with Gasteiger partial charge in [-0.1, -0.05) is 6.92 Å². The minimum absolute atomic E-state index is 0.0170. The molecule has 0 aromatic carbocycles. The van der Waals surface area contributed by atoms with Crippen LogP contribution in [0.5, 0.6) is 0 Å². The van der Waals surface area contributed by atoms with Crippen molar-refractivity contribution < 1.29 is 9.59 Å². The van der Waals surface area contributed by atoms with Crippen LogP contribution < -0.4 is 10.6 Å². The highest BCUT2D eigenvalue weighted by molar-refractivity contribution is 5.82. The Morgan fingerprint density at radius 2 is 1.88 bits per heavy atom. The quantitative estimate of drug-likeness (QED) is 0.753. The molecule has 0 aromatic heterocycles. The van der Waals surface area contributed by atoms with Gasteiger partial charge in [0.1, 0.15) is 0 Å². The lowest BCUT2D eigenvalue weighted by atomic mass is 10.1. The minimum atomic E-state index is -0.202. The maximum Gasteiger partial charge on any atom is 0.223 e. The van der Waals surface area contributed by atoms with Crippen LogP contribution in [0.1, 0.15) is 40.5 Å². The molecule has 2 atom stereocenters. The summed E-state index contributed by atoms with van der Waals surface area (Å²) in [5.74, 6) is 0.779. The summed E-state index contributed by atoms with van der Waals surface area (Å²) in [7, 11) is 0. The summed E-state index contributed by atoms with van der Waals surface area (Å²) >= 11 is 0. The Labute approximate surface area is 97.2 Å². The average Bonchev–Trinajstić information content (AvgIpc) is 2.79. The van der Waals surface area contributed by atoms with Crippen molar-refractivity contribution in [1.82, 2.24) is 10.6 Å². The van der Waals surface area contributed by atoms with Crippen molar-refractivity contribution in [1.29, 1.82) is 0 Å². The Morgan fingerprint density at radius 1 is 1.31 bits per heavy atom. The Kier molecular flexibility index (Phi) is 3.94. The van der Waals surface area contributed by atoms with Crippen LogP contribution >= 0.6 is 0 Å². The van der Waals surface area contributed by atoms with Crippen LogP contribution in [0.15, 0.2) is 0 Å². The lowest BCUT2D eigenvalue weighted by molar-refractivity contribution is -0.123. The molecule has 4 heteroatoms. The summed E-state index contributed by atoms with van der Waals surface area (Å²) in [6.07, 6.45) is 1.34. The normalized spacial score (nSPS) is 23.8. The van der Waals surface area contributed by atoms with Gasteiger partial charge in [-0.05, 0) is 33.1 Å². The first-order valence-corrected chi connectivity index (χ1v) is 5.88. The molecule has 92 valence electrons. The van der Waals surface area contributed by atoms with Crippen LogP contribution in [-0.4, -0.2) is 23.9 Å². The molecule has 4 nitrogen and oxygen atoms in total. The molecule has 0 spiro atoms. The van der Waals surface area contributed by atoms with E-state index in [2.05, 4.69) is 17.6 Å². The van der Waals surface area contributed by atoms with Gasteiger partial charge in [-0.3, -0.25) is 9.59 Å². The fourth-order valence-corrected chi connectivity index (χ4v) is 1.60. The maximum absolute atomic E-state index is 11.4. The SMILES string of the molecule is C[C@H]1C[C@@H]1C(=O)NCCC(=O)NC(C)(C)C. The third-order valence-electron chi connectivity index (χ3n) is 2.61. The summed E-state index contributed by atoms with van der Waals surface area (Å²) in [5, 5.41) is 5.65. The van der Waals surface area contributed by atoms with Gasteiger partial charge in [-0.2, -0.15) is 0 Å². The van der Waals surface area contributed by atoms with Crippen LogP contribution in [0, 0.1) is 11.8 Å². The van der Waals surface area contributed by atoms with Crippen LogP contribution in [0.2, 0.25) is 0 Å². The first-order chi connectivity index (χ1) is 7.29. The molecule has 1 aliphatic carbocycles. The number of carbonyl (C=O) groups is 2. The van der Waals surface area contributed by atoms with Gasteiger partial charge in [0.05, 0.1) is 0 Å². The van der Waals surface area contributed by atoms with Gasteiger partial charge < -0.3 is 10.6 Å². The van der Waals surface area contributed by atoms with E-state index < -0.39 is 0 Å². The highest BCUT2D eigenvalue weighted by Crippen LogP contribution is 2.37. The maximum atomic E-state index is 11.4. The van der Waals surface area contributed by atoms with Gasteiger partial charge >= 0.3 is 0 Å². The molecular formula is C12H22N2O2. The van der Waals surface area contributed by atoms with Gasteiger partial charge in [0, 0.05) is 24.4 Å². The third kappa shape index (κ3) is 4.64. The second-order valence-corrected chi connectivity index (χ2v) is 5.66. The van der Waals surface area contributed by atoms with Crippen molar-refractivity contribution in [2.75, 3.05) is 6.54 Å². The molecule has 0 radical (unpaired) electrons. The number of amides is 2. The van der Waals surface area contributed by atoms with E-state index >= 15 is 0 Å². The largest absolute Gasteiger partial charge is 0.355 e. The van der Waals surface area contributed by atoms with E-state index in [1.807, 2.05) is 20.8 Å². The molecule has 0 aromatic rings. The molecule has 0 aliphatic heterocycles. The highest BCUT2D eigenvalue weighted by atomic mass is 16.2. The van der Waals surface area contributed by atoms with E-state index in [0.29, 0.717) is 18.9 Å². The average molecular weight is 226 g/mol. The van der Waals surface area contributed by atoms with Gasteiger partial charge in [0.25, 0.3) is 0 Å². The molecule has 1 rings (SSSR count). The molecule has 0 bridgehead atoms. The summed E-state index contributed by atoms with van der Waals surface area (Å²) in [6, 6.07) is 0. The highest BCUT2D eigenvalue weighted by Gasteiger charge is 2.38. The number of hydrogen-bond donors (Lipinski definition) is 2. The Hall–Kier alpha value is -1.06. The number of hydrogen-bond acceptors (Lipinski definition) is 2. The van der Waals surface area contributed by atoms with Crippen LogP contribution in [-0.2, 0) is 9.59 Å². The molecule has 0 saturated heterocycles. The first-order valence-electron chi connectivity index (χ1n) is 5.88. The van der Waals surface area contributed by atoms with Gasteiger partial charge in [0.2, 0.25) is 11.8 Å². The van der Waals surface area contributed by atoms with Crippen molar-refractivity contribution in [3.8, 4) is 0 Å². The summed E-state index contributed by atoms with van der Waals surface area (Å²) in [6.45, 7) is 8.32. The molecule has 0 heterocycles. The lowest BCUT2D eigenvalue weighted by Crippen LogP contribution is -2.42. The zero-order valence-corrected chi connectivity index (χ0v) is 10.6. The fourth-order valence-electron chi connectivity index (χ4n) is 1.60. The standard InChI is InChI=1S/C12H22N2O2/c1-8-7-9(8)11(16)13-6-5-10(15)14-12(2,3)4/h8-9H,5-7H2,1-4H3,(H,13,16)(H,14,15)/t8-,9-/m0/s1. The molecule has 1 aliphatic rings. The summed E-state index contributed by atoms with van der Waals surface area (Å²) < 4.78 is 0. The lowest BCUT2D eigenvalue weighted by Gasteiger charge is -2.20. The molecule has 2 N–H and O–H groups in total. The van der Waals surface area contributed by atoms with E-state index in [4.69, 9.17) is 0 Å². The van der Waals surface area contributed by atoms with Gasteiger partial charge in [-0.25, -0.2) is 0 Å². The number of nitrogens with one attached hydrogen (secondary N) is 2. The van der Waals surface area contributed by atoms with E-state index in [-0.39, 0.29) is 23.3 Å². The predicted octanol–water partition coefficient (Wildman–Crippen LogP) is 1.06. The minimum Gasteiger partial charge on any atom is -0.355 e. The molecular weight excluding hydrogens is 204 g/mol. The molecule has 1 fully saturated rings. The van der Waals surface area contributed by atoms with Crippen molar-refractivity contribution in [3.05, 3.63) is 0 Å². The van der Waals surface area contributed by atoms with E-state index in [0.717, 1.165) is 6.42 Å². The van der Waals surface area contributed by atoms with E-state index in [9.17, 15) is 9.59 Å². The van der Waals surface area contributed by atoms with Crippen molar-refractivity contribution in [2.24, 2.45) is 11.8 Å². The van der Waals surface area contributed by atoms with Gasteiger partial charge in [-0.15, -0.1) is 0 Å². The number of rotatable bonds is 4. The van der Waals surface area contributed by atoms with Crippen LogP contribution in [0.4, 0.5) is 0 Å². The molecule has 2 amide bonds. The second-order valence-electron chi connectivity index (χ2n) is 5.66. The van der Waals surface area contributed by atoms with Crippen LogP contribution in [0.25, 0.3) is 0 Å². The first kappa shape index (κ1) is 13.0. The molecule has 0 unspecified atom stereocenters. The zero-order valence-electron chi connectivity index (χ0n) is 10.6.